The van der Waals surface area contributed by atoms with Crippen LogP contribution in [0.3, 0.4) is 0 Å². The van der Waals surface area contributed by atoms with Gasteiger partial charge in [-0.1, -0.05) is 26.7 Å². The lowest BCUT2D eigenvalue weighted by Crippen LogP contribution is -2.16. The molecule has 1 nitrogen and oxygen atoms in total. The lowest BCUT2D eigenvalue weighted by atomic mass is 10.1. The van der Waals surface area contributed by atoms with Gasteiger partial charge in [0, 0.05) is 5.25 Å². The maximum atomic E-state index is 4.66. The lowest BCUT2D eigenvalue weighted by molar-refractivity contribution is 0.560. The zero-order chi connectivity index (χ0) is 8.97. The van der Waals surface area contributed by atoms with E-state index in [0.717, 1.165) is 5.25 Å². The van der Waals surface area contributed by atoms with Crippen LogP contribution in [0.1, 0.15) is 46.5 Å². The van der Waals surface area contributed by atoms with Gasteiger partial charge in [0.1, 0.15) is 0 Å². The summed E-state index contributed by atoms with van der Waals surface area (Å²) in [5.41, 5.74) is 0. The highest BCUT2D eigenvalue weighted by atomic mass is 32.2. The van der Waals surface area contributed by atoms with Gasteiger partial charge in [-0.3, -0.25) is 4.99 Å². The predicted octanol–water partition coefficient (Wildman–Crippen LogP) is 3.49. The molecule has 0 aromatic rings. The lowest BCUT2D eigenvalue weighted by Gasteiger charge is -2.14. The topological polar surface area (TPSA) is 12.4 Å². The quantitative estimate of drug-likeness (QED) is 0.653. The van der Waals surface area contributed by atoms with Gasteiger partial charge >= 0.3 is 0 Å². The summed E-state index contributed by atoms with van der Waals surface area (Å²) in [6.07, 6.45) is 5.16. The summed E-state index contributed by atoms with van der Waals surface area (Å²) >= 11 is 1.99. The molecule has 2 heteroatoms. The van der Waals surface area contributed by atoms with Crippen LogP contribution in [0.25, 0.3) is 0 Å². The van der Waals surface area contributed by atoms with E-state index in [2.05, 4.69) is 25.8 Å². The summed E-state index contributed by atoms with van der Waals surface area (Å²) in [5.74, 6) is 0. The first-order valence-electron chi connectivity index (χ1n) is 4.99. The third-order valence-electron chi connectivity index (χ3n) is 2.26. The van der Waals surface area contributed by atoms with E-state index < -0.39 is 0 Å². The van der Waals surface area contributed by atoms with E-state index in [4.69, 9.17) is 0 Å². The maximum Gasteiger partial charge on any atom is 0.0652 e. The summed E-state index contributed by atoms with van der Waals surface area (Å²) in [5, 5.41) is 2.09. The van der Waals surface area contributed by atoms with Gasteiger partial charge in [0.2, 0.25) is 0 Å². The number of hydrogen-bond acceptors (Lipinski definition) is 2. The fraction of sp³-hybridized carbons (Fsp3) is 0.900. The van der Waals surface area contributed by atoms with Gasteiger partial charge in [0.05, 0.1) is 11.1 Å². The van der Waals surface area contributed by atoms with Crippen LogP contribution in [0.15, 0.2) is 4.99 Å². The van der Waals surface area contributed by atoms with Crippen molar-refractivity contribution in [1.82, 2.24) is 0 Å². The summed E-state index contributed by atoms with van der Waals surface area (Å²) < 4.78 is 0. The van der Waals surface area contributed by atoms with E-state index in [1.54, 1.807) is 0 Å². The van der Waals surface area contributed by atoms with Crippen LogP contribution < -0.4 is 0 Å². The SMILES string of the molecule is CCC[C@@H]1N=C(C)S[C@H]1CCC. The molecule has 0 radical (unpaired) electrons. The Labute approximate surface area is 80.0 Å². The Balaban J connectivity index is 2.43. The maximum absolute atomic E-state index is 4.66. The molecule has 0 unspecified atom stereocenters. The Bertz CT molecular complexity index is 165. The minimum absolute atomic E-state index is 0.625. The van der Waals surface area contributed by atoms with Crippen molar-refractivity contribution < 1.29 is 0 Å². The van der Waals surface area contributed by atoms with Crippen LogP contribution in [0.2, 0.25) is 0 Å². The highest BCUT2D eigenvalue weighted by Crippen LogP contribution is 2.32. The van der Waals surface area contributed by atoms with Crippen LogP contribution in [0, 0.1) is 0 Å². The average Bonchev–Trinajstić information content (AvgIpc) is 2.33. The monoisotopic (exact) mass is 185 g/mol. The van der Waals surface area contributed by atoms with E-state index in [0.29, 0.717) is 6.04 Å². The number of aliphatic imine (C=N–C) groups is 1. The summed E-state index contributed by atoms with van der Waals surface area (Å²) in [4.78, 5) is 4.66. The third kappa shape index (κ3) is 2.51. The molecule has 1 aliphatic heterocycles. The average molecular weight is 185 g/mol. The smallest absolute Gasteiger partial charge is 0.0652 e. The first-order chi connectivity index (χ1) is 5.77. The third-order valence-corrected chi connectivity index (χ3v) is 3.56. The van der Waals surface area contributed by atoms with E-state index in [-0.39, 0.29) is 0 Å². The fourth-order valence-corrected chi connectivity index (χ4v) is 3.07. The van der Waals surface area contributed by atoms with Gasteiger partial charge in [0.15, 0.2) is 0 Å². The molecule has 0 N–H and O–H groups in total. The summed E-state index contributed by atoms with van der Waals surface area (Å²) in [6.45, 7) is 6.65. The van der Waals surface area contributed by atoms with Crippen LogP contribution in [0.5, 0.6) is 0 Å². The molecule has 1 aliphatic rings. The van der Waals surface area contributed by atoms with Crippen LogP contribution in [-0.2, 0) is 0 Å². The molecular weight excluding hydrogens is 166 g/mol. The Morgan fingerprint density at radius 1 is 1.25 bits per heavy atom. The number of rotatable bonds is 4. The highest BCUT2D eigenvalue weighted by molar-refractivity contribution is 8.14. The zero-order valence-corrected chi connectivity index (χ0v) is 9.16. The molecule has 0 bridgehead atoms. The minimum Gasteiger partial charge on any atom is -0.279 e. The molecule has 0 fully saturated rings. The number of thioether (sulfide) groups is 1. The molecule has 0 aliphatic carbocycles. The Morgan fingerprint density at radius 3 is 2.50 bits per heavy atom. The second-order valence-electron chi connectivity index (χ2n) is 3.45. The van der Waals surface area contributed by atoms with Crippen molar-refractivity contribution >= 4 is 16.8 Å². The van der Waals surface area contributed by atoms with Crippen molar-refractivity contribution in [3.8, 4) is 0 Å². The van der Waals surface area contributed by atoms with Gasteiger partial charge in [0.25, 0.3) is 0 Å². The van der Waals surface area contributed by atoms with Crippen LogP contribution >= 0.6 is 11.8 Å². The molecule has 12 heavy (non-hydrogen) atoms. The predicted molar refractivity (Wildman–Crippen MR) is 58.1 cm³/mol. The van der Waals surface area contributed by atoms with Crippen molar-refractivity contribution in [3.63, 3.8) is 0 Å². The normalized spacial score (nSPS) is 29.1. The molecule has 0 spiro atoms. The standard InChI is InChI=1S/C10H19NS/c1-4-6-9-10(7-5-2)12-8(3)11-9/h9-10H,4-7H2,1-3H3/t9-,10-/m0/s1. The second kappa shape index (κ2) is 4.90. The molecule has 1 rings (SSSR count). The molecule has 0 aromatic carbocycles. The molecule has 0 aromatic heterocycles. The van der Waals surface area contributed by atoms with Crippen molar-refractivity contribution in [2.75, 3.05) is 0 Å². The molecule has 1 heterocycles. The van der Waals surface area contributed by atoms with Crippen molar-refractivity contribution in [2.45, 2.75) is 57.7 Å². The molecular formula is C10H19NS. The Hall–Kier alpha value is 0.0200. The molecule has 2 atom stereocenters. The van der Waals surface area contributed by atoms with Crippen LogP contribution in [0.4, 0.5) is 0 Å². The highest BCUT2D eigenvalue weighted by Gasteiger charge is 2.26. The van der Waals surface area contributed by atoms with E-state index in [1.807, 2.05) is 11.8 Å². The van der Waals surface area contributed by atoms with Crippen molar-refractivity contribution in [2.24, 2.45) is 4.99 Å². The van der Waals surface area contributed by atoms with Crippen molar-refractivity contribution in [1.29, 1.82) is 0 Å². The zero-order valence-electron chi connectivity index (χ0n) is 8.34. The van der Waals surface area contributed by atoms with Gasteiger partial charge in [-0.15, -0.1) is 11.8 Å². The van der Waals surface area contributed by atoms with E-state index >= 15 is 0 Å². The number of nitrogens with zero attached hydrogens (tertiary/aromatic N) is 1. The molecule has 0 amide bonds. The van der Waals surface area contributed by atoms with Gasteiger partial charge in [-0.05, 0) is 19.8 Å². The fourth-order valence-electron chi connectivity index (χ4n) is 1.73. The van der Waals surface area contributed by atoms with Gasteiger partial charge < -0.3 is 0 Å². The largest absolute Gasteiger partial charge is 0.279 e. The molecule has 70 valence electrons. The van der Waals surface area contributed by atoms with E-state index in [9.17, 15) is 0 Å². The molecule has 0 saturated carbocycles. The summed E-state index contributed by atoms with van der Waals surface area (Å²) in [7, 11) is 0. The van der Waals surface area contributed by atoms with Gasteiger partial charge in [-0.25, -0.2) is 0 Å². The molecule has 0 saturated heterocycles. The first-order valence-corrected chi connectivity index (χ1v) is 5.87. The van der Waals surface area contributed by atoms with Crippen molar-refractivity contribution in [3.05, 3.63) is 0 Å². The van der Waals surface area contributed by atoms with Gasteiger partial charge in [-0.2, -0.15) is 0 Å². The summed E-state index contributed by atoms with van der Waals surface area (Å²) in [6, 6.07) is 0.625. The van der Waals surface area contributed by atoms with E-state index in [1.165, 1.54) is 30.7 Å². The first kappa shape index (κ1) is 10.1. The minimum atomic E-state index is 0.625. The second-order valence-corrected chi connectivity index (χ2v) is 4.88. The Kier molecular flexibility index (Phi) is 4.13. The number of hydrogen-bond donors (Lipinski definition) is 0. The van der Waals surface area contributed by atoms with Crippen LogP contribution in [-0.4, -0.2) is 16.3 Å². The Morgan fingerprint density at radius 2 is 1.92 bits per heavy atom.